The van der Waals surface area contributed by atoms with Crippen LogP contribution in [0.2, 0.25) is 0 Å². The first-order valence-electron chi connectivity index (χ1n) is 6.05. The van der Waals surface area contributed by atoms with E-state index in [2.05, 4.69) is 49.0 Å². The van der Waals surface area contributed by atoms with Gasteiger partial charge in [0.1, 0.15) is 0 Å². The smallest absolute Gasteiger partial charge is 0.261 e. The van der Waals surface area contributed by atoms with Crippen LogP contribution in [0.25, 0.3) is 0 Å². The summed E-state index contributed by atoms with van der Waals surface area (Å²) in [5, 5.41) is 3.03. The van der Waals surface area contributed by atoms with E-state index >= 15 is 0 Å². The Balaban J connectivity index is 1.82. The number of carbonyl (C=O) groups is 1. The number of amides is 1. The average Bonchev–Trinajstić information content (AvgIpc) is 2.94. The third-order valence-electron chi connectivity index (χ3n) is 3.24. The van der Waals surface area contributed by atoms with Crippen LogP contribution in [-0.2, 0) is 0 Å². The van der Waals surface area contributed by atoms with Gasteiger partial charge in [0.25, 0.3) is 5.91 Å². The van der Waals surface area contributed by atoms with Crippen LogP contribution in [0.3, 0.4) is 0 Å². The zero-order chi connectivity index (χ0) is 13.1. The first-order valence-corrected chi connectivity index (χ1v) is 8.45. The third kappa shape index (κ3) is 3.56. The minimum absolute atomic E-state index is 0.0290. The van der Waals surface area contributed by atoms with E-state index in [1.807, 2.05) is 6.07 Å². The van der Waals surface area contributed by atoms with E-state index in [4.69, 9.17) is 0 Å². The molecule has 2 rings (SSSR count). The molecule has 2 heterocycles. The number of nitrogens with zero attached hydrogens (tertiary/aromatic N) is 1. The molecule has 1 N–H and O–H groups in total. The Morgan fingerprint density at radius 1 is 1.61 bits per heavy atom. The summed E-state index contributed by atoms with van der Waals surface area (Å²) in [4.78, 5) is 15.1. The van der Waals surface area contributed by atoms with Crippen molar-refractivity contribution in [3.05, 3.63) is 19.2 Å². The van der Waals surface area contributed by atoms with Crippen LogP contribution < -0.4 is 5.32 Å². The van der Waals surface area contributed by atoms with Gasteiger partial charge < -0.3 is 10.2 Å². The van der Waals surface area contributed by atoms with Gasteiger partial charge in [-0.05, 0) is 63.4 Å². The van der Waals surface area contributed by atoms with Crippen molar-refractivity contribution in [1.29, 1.82) is 0 Å². The molecule has 1 aromatic rings. The summed E-state index contributed by atoms with van der Waals surface area (Å²) in [6, 6.07) is 1.86. The fourth-order valence-corrected chi connectivity index (χ4v) is 4.10. The van der Waals surface area contributed by atoms with Gasteiger partial charge in [0.15, 0.2) is 0 Å². The van der Waals surface area contributed by atoms with Gasteiger partial charge in [-0.25, -0.2) is 0 Å². The fourth-order valence-electron chi connectivity index (χ4n) is 2.15. The van der Waals surface area contributed by atoms with Crippen molar-refractivity contribution in [2.45, 2.75) is 13.3 Å². The van der Waals surface area contributed by atoms with Crippen molar-refractivity contribution in [2.75, 3.05) is 26.2 Å². The van der Waals surface area contributed by atoms with E-state index in [1.165, 1.54) is 17.8 Å². The van der Waals surface area contributed by atoms with Gasteiger partial charge >= 0.3 is 0 Å². The molecule has 18 heavy (non-hydrogen) atoms. The highest BCUT2D eigenvalue weighted by molar-refractivity contribution is 9.13. The Bertz CT molecular complexity index is 416. The Morgan fingerprint density at radius 2 is 2.39 bits per heavy atom. The van der Waals surface area contributed by atoms with E-state index in [1.54, 1.807) is 0 Å². The third-order valence-corrected chi connectivity index (χ3v) is 6.49. The number of hydrogen-bond acceptors (Lipinski definition) is 3. The number of nitrogens with one attached hydrogen (secondary N) is 1. The molecule has 6 heteroatoms. The lowest BCUT2D eigenvalue weighted by Gasteiger charge is -2.13. The van der Waals surface area contributed by atoms with Crippen molar-refractivity contribution in [1.82, 2.24) is 10.2 Å². The van der Waals surface area contributed by atoms with E-state index < -0.39 is 0 Å². The maximum Gasteiger partial charge on any atom is 0.261 e. The Morgan fingerprint density at radius 3 is 2.94 bits per heavy atom. The summed E-state index contributed by atoms with van der Waals surface area (Å²) < 4.78 is 1.90. The first kappa shape index (κ1) is 14.5. The van der Waals surface area contributed by atoms with Crippen molar-refractivity contribution in [3.8, 4) is 0 Å². The number of halogens is 2. The number of likely N-dealkylation sites (tertiary alicyclic amines) is 1. The molecule has 0 aromatic carbocycles. The van der Waals surface area contributed by atoms with E-state index in [-0.39, 0.29) is 5.91 Å². The summed E-state index contributed by atoms with van der Waals surface area (Å²) in [5.74, 6) is 0.627. The van der Waals surface area contributed by atoms with Gasteiger partial charge in [-0.15, -0.1) is 11.3 Å². The standard InChI is InChI=1S/C12H16Br2N2OS/c1-2-16-4-3-8(7-16)6-15-12(17)10-5-9(13)11(14)18-10/h5,8H,2-4,6-7H2,1H3,(H,15,17). The molecule has 1 fully saturated rings. The van der Waals surface area contributed by atoms with E-state index in [0.29, 0.717) is 5.92 Å². The molecule has 1 aromatic heterocycles. The lowest BCUT2D eigenvalue weighted by atomic mass is 10.1. The molecule has 1 aliphatic rings. The van der Waals surface area contributed by atoms with Crippen molar-refractivity contribution < 1.29 is 4.79 Å². The minimum atomic E-state index is 0.0290. The highest BCUT2D eigenvalue weighted by Crippen LogP contribution is 2.32. The second kappa shape index (κ2) is 6.50. The van der Waals surface area contributed by atoms with Gasteiger partial charge in [-0.1, -0.05) is 6.92 Å². The maximum absolute atomic E-state index is 12.0. The largest absolute Gasteiger partial charge is 0.351 e. The molecular formula is C12H16Br2N2OS. The molecule has 1 amide bonds. The molecule has 1 atom stereocenters. The van der Waals surface area contributed by atoms with Crippen LogP contribution in [0.1, 0.15) is 23.0 Å². The summed E-state index contributed by atoms with van der Waals surface area (Å²) in [7, 11) is 0. The predicted molar refractivity (Wildman–Crippen MR) is 82.3 cm³/mol. The van der Waals surface area contributed by atoms with Gasteiger partial charge in [-0.2, -0.15) is 0 Å². The Hall–Kier alpha value is 0.0900. The average molecular weight is 396 g/mol. The fraction of sp³-hybridized carbons (Fsp3) is 0.583. The molecule has 1 aliphatic heterocycles. The predicted octanol–water partition coefficient (Wildman–Crippen LogP) is 3.34. The van der Waals surface area contributed by atoms with Gasteiger partial charge in [0.2, 0.25) is 0 Å². The molecule has 0 aliphatic carbocycles. The van der Waals surface area contributed by atoms with Gasteiger partial charge in [-0.3, -0.25) is 4.79 Å². The number of hydrogen-bond donors (Lipinski definition) is 1. The zero-order valence-corrected chi connectivity index (χ0v) is 14.2. The SMILES string of the molecule is CCN1CCC(CNC(=O)c2cc(Br)c(Br)s2)C1. The monoisotopic (exact) mass is 394 g/mol. The van der Waals surface area contributed by atoms with Crippen molar-refractivity contribution in [2.24, 2.45) is 5.92 Å². The Kier molecular flexibility index (Phi) is 5.24. The molecule has 0 bridgehead atoms. The highest BCUT2D eigenvalue weighted by atomic mass is 79.9. The number of thiophene rings is 1. The van der Waals surface area contributed by atoms with Gasteiger partial charge in [0.05, 0.1) is 8.66 Å². The lowest BCUT2D eigenvalue weighted by Crippen LogP contribution is -2.30. The summed E-state index contributed by atoms with van der Waals surface area (Å²) in [6.45, 7) is 6.33. The van der Waals surface area contributed by atoms with Gasteiger partial charge in [0, 0.05) is 17.6 Å². The van der Waals surface area contributed by atoms with Crippen LogP contribution in [0.15, 0.2) is 14.3 Å². The normalized spacial score (nSPS) is 20.3. The molecule has 1 unspecified atom stereocenters. The first-order chi connectivity index (χ1) is 8.60. The number of carbonyl (C=O) groups excluding carboxylic acids is 1. The highest BCUT2D eigenvalue weighted by Gasteiger charge is 2.22. The quantitative estimate of drug-likeness (QED) is 0.847. The molecule has 3 nitrogen and oxygen atoms in total. The van der Waals surface area contributed by atoms with Crippen LogP contribution in [0.5, 0.6) is 0 Å². The molecule has 0 radical (unpaired) electrons. The molecule has 100 valence electrons. The lowest BCUT2D eigenvalue weighted by molar-refractivity contribution is 0.0951. The number of rotatable bonds is 4. The molecular weight excluding hydrogens is 380 g/mol. The van der Waals surface area contributed by atoms with Crippen LogP contribution >= 0.6 is 43.2 Å². The van der Waals surface area contributed by atoms with Crippen LogP contribution in [-0.4, -0.2) is 37.0 Å². The summed E-state index contributed by atoms with van der Waals surface area (Å²) in [6.07, 6.45) is 1.19. The van der Waals surface area contributed by atoms with Crippen LogP contribution in [0, 0.1) is 5.92 Å². The minimum Gasteiger partial charge on any atom is -0.351 e. The molecule has 0 saturated carbocycles. The second-order valence-electron chi connectivity index (χ2n) is 4.49. The molecule has 0 spiro atoms. The summed E-state index contributed by atoms with van der Waals surface area (Å²) >= 11 is 8.26. The summed E-state index contributed by atoms with van der Waals surface area (Å²) in [5.41, 5.74) is 0. The zero-order valence-electron chi connectivity index (χ0n) is 10.2. The Labute approximate surface area is 128 Å². The van der Waals surface area contributed by atoms with Crippen LogP contribution in [0.4, 0.5) is 0 Å². The second-order valence-corrected chi connectivity index (χ2v) is 7.71. The van der Waals surface area contributed by atoms with Crippen molar-refractivity contribution in [3.63, 3.8) is 0 Å². The molecule has 1 saturated heterocycles. The topological polar surface area (TPSA) is 32.3 Å². The maximum atomic E-state index is 12.0. The van der Waals surface area contributed by atoms with Crippen molar-refractivity contribution >= 4 is 49.1 Å². The van der Waals surface area contributed by atoms with E-state index in [9.17, 15) is 4.79 Å². The van der Waals surface area contributed by atoms with E-state index in [0.717, 1.165) is 39.3 Å².